The standard InChI is InChI=1S/C19H20N2O5S/c1-23-13-6-5-11(7-14(13)24-2)8-18(22)21-19-20-12-9-15(25-3)16(26-4)10-17(12)27-19/h5-7,9-10H,8H2,1-4H3,(H,20,21,22). The minimum atomic E-state index is -0.166. The lowest BCUT2D eigenvalue weighted by atomic mass is 10.1. The van der Waals surface area contributed by atoms with Crippen LogP contribution in [0.1, 0.15) is 5.56 Å². The molecule has 0 saturated heterocycles. The van der Waals surface area contributed by atoms with E-state index < -0.39 is 0 Å². The average molecular weight is 388 g/mol. The smallest absolute Gasteiger partial charge is 0.230 e. The summed E-state index contributed by atoms with van der Waals surface area (Å²) in [6, 6.07) is 9.02. The Labute approximate surface area is 160 Å². The van der Waals surface area contributed by atoms with Gasteiger partial charge in [0.15, 0.2) is 28.1 Å². The van der Waals surface area contributed by atoms with Gasteiger partial charge in [0.25, 0.3) is 0 Å². The van der Waals surface area contributed by atoms with Crippen LogP contribution in [0, 0.1) is 0 Å². The molecule has 1 amide bonds. The number of nitrogens with one attached hydrogen (secondary N) is 1. The molecule has 0 spiro atoms. The van der Waals surface area contributed by atoms with Gasteiger partial charge in [-0.25, -0.2) is 4.98 Å². The minimum Gasteiger partial charge on any atom is -0.493 e. The lowest BCUT2D eigenvalue weighted by molar-refractivity contribution is -0.115. The molecule has 0 saturated carbocycles. The summed E-state index contributed by atoms with van der Waals surface area (Å²) in [4.78, 5) is 16.8. The van der Waals surface area contributed by atoms with E-state index in [9.17, 15) is 4.79 Å². The van der Waals surface area contributed by atoms with Crippen LogP contribution in [0.15, 0.2) is 30.3 Å². The van der Waals surface area contributed by atoms with Crippen molar-refractivity contribution in [2.24, 2.45) is 0 Å². The number of fused-ring (bicyclic) bond motifs is 1. The van der Waals surface area contributed by atoms with Crippen LogP contribution in [0.3, 0.4) is 0 Å². The molecule has 3 rings (SSSR count). The molecule has 8 heteroatoms. The van der Waals surface area contributed by atoms with E-state index in [1.807, 2.05) is 12.1 Å². The van der Waals surface area contributed by atoms with E-state index in [0.717, 1.165) is 15.8 Å². The molecule has 0 aliphatic rings. The van der Waals surface area contributed by atoms with E-state index in [0.29, 0.717) is 28.1 Å². The summed E-state index contributed by atoms with van der Waals surface area (Å²) in [7, 11) is 6.28. The molecule has 1 N–H and O–H groups in total. The molecule has 27 heavy (non-hydrogen) atoms. The van der Waals surface area contributed by atoms with Crippen LogP contribution in [0.4, 0.5) is 5.13 Å². The van der Waals surface area contributed by atoms with Crippen molar-refractivity contribution in [3.05, 3.63) is 35.9 Å². The number of carbonyl (C=O) groups is 1. The van der Waals surface area contributed by atoms with Crippen molar-refractivity contribution in [2.75, 3.05) is 33.8 Å². The second kappa shape index (κ2) is 8.13. The Morgan fingerprint density at radius 1 is 0.926 bits per heavy atom. The average Bonchev–Trinajstić information content (AvgIpc) is 3.07. The Hall–Kier alpha value is -3.00. The highest BCUT2D eigenvalue weighted by molar-refractivity contribution is 7.22. The molecule has 0 unspecified atom stereocenters. The Kier molecular flexibility index (Phi) is 5.66. The van der Waals surface area contributed by atoms with Crippen molar-refractivity contribution in [2.45, 2.75) is 6.42 Å². The first kappa shape index (κ1) is 18.8. The maximum Gasteiger partial charge on any atom is 0.230 e. The van der Waals surface area contributed by atoms with E-state index in [1.54, 1.807) is 46.6 Å². The van der Waals surface area contributed by atoms with Gasteiger partial charge in [0.1, 0.15) is 0 Å². The first-order valence-corrected chi connectivity index (χ1v) is 8.93. The van der Waals surface area contributed by atoms with Crippen molar-refractivity contribution in [1.82, 2.24) is 4.98 Å². The van der Waals surface area contributed by atoms with Gasteiger partial charge in [-0.05, 0) is 17.7 Å². The van der Waals surface area contributed by atoms with Gasteiger partial charge in [-0.15, -0.1) is 0 Å². The fraction of sp³-hybridized carbons (Fsp3) is 0.263. The van der Waals surface area contributed by atoms with Crippen molar-refractivity contribution >= 4 is 32.6 Å². The van der Waals surface area contributed by atoms with Crippen LogP contribution in [0.5, 0.6) is 23.0 Å². The zero-order chi connectivity index (χ0) is 19.4. The third kappa shape index (κ3) is 4.06. The van der Waals surface area contributed by atoms with Crippen molar-refractivity contribution in [3.8, 4) is 23.0 Å². The van der Waals surface area contributed by atoms with Crippen LogP contribution in [-0.4, -0.2) is 39.3 Å². The lowest BCUT2D eigenvalue weighted by Crippen LogP contribution is -2.14. The largest absolute Gasteiger partial charge is 0.493 e. The van der Waals surface area contributed by atoms with E-state index >= 15 is 0 Å². The number of anilines is 1. The number of carbonyl (C=O) groups excluding carboxylic acids is 1. The number of nitrogens with zero attached hydrogens (tertiary/aromatic N) is 1. The number of hydrogen-bond acceptors (Lipinski definition) is 7. The molecule has 3 aromatic rings. The Morgan fingerprint density at radius 2 is 1.56 bits per heavy atom. The Balaban J connectivity index is 1.76. The van der Waals surface area contributed by atoms with Crippen LogP contribution >= 0.6 is 11.3 Å². The molecule has 0 atom stereocenters. The first-order chi connectivity index (χ1) is 13.1. The lowest BCUT2D eigenvalue weighted by Gasteiger charge is -2.09. The summed E-state index contributed by atoms with van der Waals surface area (Å²) in [6.45, 7) is 0. The zero-order valence-corrected chi connectivity index (χ0v) is 16.3. The highest BCUT2D eigenvalue weighted by Crippen LogP contribution is 2.36. The van der Waals surface area contributed by atoms with E-state index in [-0.39, 0.29) is 12.3 Å². The monoisotopic (exact) mass is 388 g/mol. The molecule has 0 fully saturated rings. The summed E-state index contributed by atoms with van der Waals surface area (Å²) in [6.07, 6.45) is 0.197. The van der Waals surface area contributed by atoms with Gasteiger partial charge in [0.2, 0.25) is 5.91 Å². The number of aromatic nitrogens is 1. The summed E-state index contributed by atoms with van der Waals surface area (Å²) >= 11 is 1.38. The van der Waals surface area contributed by atoms with Crippen LogP contribution in [0.2, 0.25) is 0 Å². The van der Waals surface area contributed by atoms with Crippen molar-refractivity contribution < 1.29 is 23.7 Å². The second-order valence-corrected chi connectivity index (χ2v) is 6.64. The van der Waals surface area contributed by atoms with Gasteiger partial charge in [-0.3, -0.25) is 4.79 Å². The fourth-order valence-corrected chi connectivity index (χ4v) is 3.54. The van der Waals surface area contributed by atoms with Gasteiger partial charge in [-0.1, -0.05) is 17.4 Å². The molecule has 0 aliphatic heterocycles. The van der Waals surface area contributed by atoms with Crippen molar-refractivity contribution in [3.63, 3.8) is 0 Å². The summed E-state index contributed by atoms with van der Waals surface area (Å²) in [5.41, 5.74) is 1.55. The van der Waals surface area contributed by atoms with Crippen LogP contribution in [0.25, 0.3) is 10.2 Å². The quantitative estimate of drug-likeness (QED) is 0.667. The predicted molar refractivity (Wildman–Crippen MR) is 105 cm³/mol. The predicted octanol–water partition coefficient (Wildman–Crippen LogP) is 3.51. The molecule has 142 valence electrons. The van der Waals surface area contributed by atoms with Gasteiger partial charge >= 0.3 is 0 Å². The van der Waals surface area contributed by atoms with E-state index in [4.69, 9.17) is 18.9 Å². The molecule has 2 aromatic carbocycles. The fourth-order valence-electron chi connectivity index (χ4n) is 2.65. The number of thiazole rings is 1. The number of rotatable bonds is 7. The highest BCUT2D eigenvalue weighted by Gasteiger charge is 2.13. The molecule has 0 radical (unpaired) electrons. The number of methoxy groups -OCH3 is 4. The molecule has 7 nitrogen and oxygen atoms in total. The van der Waals surface area contributed by atoms with Gasteiger partial charge in [-0.2, -0.15) is 0 Å². The molecule has 0 aliphatic carbocycles. The number of amides is 1. The minimum absolute atomic E-state index is 0.166. The zero-order valence-electron chi connectivity index (χ0n) is 15.5. The van der Waals surface area contributed by atoms with Crippen molar-refractivity contribution in [1.29, 1.82) is 0 Å². The maximum absolute atomic E-state index is 12.4. The Morgan fingerprint density at radius 3 is 2.22 bits per heavy atom. The summed E-state index contributed by atoms with van der Waals surface area (Å²) in [5.74, 6) is 2.26. The molecular formula is C19H20N2O5S. The number of hydrogen-bond donors (Lipinski definition) is 1. The third-order valence-electron chi connectivity index (χ3n) is 3.95. The molecule has 1 heterocycles. The highest BCUT2D eigenvalue weighted by atomic mass is 32.1. The topological polar surface area (TPSA) is 78.9 Å². The van der Waals surface area contributed by atoms with E-state index in [2.05, 4.69) is 10.3 Å². The number of ether oxygens (including phenoxy) is 4. The SMILES string of the molecule is COc1ccc(CC(=O)Nc2nc3cc(OC)c(OC)cc3s2)cc1OC. The Bertz CT molecular complexity index is 929. The summed E-state index contributed by atoms with van der Waals surface area (Å²) in [5, 5.41) is 3.35. The number of benzene rings is 2. The maximum atomic E-state index is 12.4. The molecular weight excluding hydrogens is 368 g/mol. The third-order valence-corrected chi connectivity index (χ3v) is 4.89. The van der Waals surface area contributed by atoms with E-state index in [1.165, 1.54) is 11.3 Å². The second-order valence-electron chi connectivity index (χ2n) is 5.61. The molecule has 0 bridgehead atoms. The van der Waals surface area contributed by atoms with Gasteiger partial charge < -0.3 is 24.3 Å². The first-order valence-electron chi connectivity index (χ1n) is 8.11. The summed E-state index contributed by atoms with van der Waals surface area (Å²) < 4.78 is 22.0. The van der Waals surface area contributed by atoms with Gasteiger partial charge in [0.05, 0.1) is 45.1 Å². The van der Waals surface area contributed by atoms with Crippen LogP contribution < -0.4 is 24.3 Å². The van der Waals surface area contributed by atoms with Gasteiger partial charge in [0, 0.05) is 12.1 Å². The van der Waals surface area contributed by atoms with Crippen LogP contribution in [-0.2, 0) is 11.2 Å². The molecule has 1 aromatic heterocycles. The normalized spacial score (nSPS) is 10.5.